The molecule has 2 aromatic rings. The Kier molecular flexibility index (Phi) is 3.22. The molecule has 4 nitrogen and oxygen atoms in total. The number of halogens is 1. The van der Waals surface area contributed by atoms with E-state index in [0.717, 1.165) is 29.6 Å². The molecule has 0 saturated carbocycles. The van der Waals surface area contributed by atoms with Crippen molar-refractivity contribution in [2.45, 2.75) is 10.8 Å². The fourth-order valence-corrected chi connectivity index (χ4v) is 4.22. The summed E-state index contributed by atoms with van der Waals surface area (Å²) in [5.41, 5.74) is 3.41. The zero-order valence-electron chi connectivity index (χ0n) is 9.92. The number of benzene rings is 1. The van der Waals surface area contributed by atoms with Crippen LogP contribution in [0.15, 0.2) is 28.6 Å². The molecule has 0 bridgehead atoms. The second-order valence-corrected chi connectivity index (χ2v) is 8.60. The molecule has 0 unspecified atom stereocenters. The van der Waals surface area contributed by atoms with E-state index in [1.165, 1.54) is 14.7 Å². The second-order valence-electron chi connectivity index (χ2n) is 4.27. The molecule has 0 saturated heterocycles. The molecule has 0 atom stereocenters. The fourth-order valence-electron chi connectivity index (χ4n) is 1.90. The topological polar surface area (TPSA) is 59.9 Å². The van der Waals surface area contributed by atoms with E-state index in [0.29, 0.717) is 5.01 Å². The van der Waals surface area contributed by atoms with Gasteiger partial charge in [0.15, 0.2) is 0 Å². The van der Waals surface area contributed by atoms with Crippen LogP contribution in [-0.4, -0.2) is 24.9 Å². The highest BCUT2D eigenvalue weighted by Gasteiger charge is 2.17. The van der Waals surface area contributed by atoms with Crippen molar-refractivity contribution in [3.05, 3.63) is 35.4 Å². The predicted molar refractivity (Wildman–Crippen MR) is 84.2 cm³/mol. The molecule has 0 spiro atoms. The van der Waals surface area contributed by atoms with Gasteiger partial charge in [-0.05, 0) is 46.2 Å². The Morgan fingerprint density at radius 1 is 1.32 bits per heavy atom. The number of allylic oxidation sites excluding steroid dienone is 1. The summed E-state index contributed by atoms with van der Waals surface area (Å²) in [7, 11) is -3.28. The summed E-state index contributed by atoms with van der Waals surface area (Å²) in [6, 6.07) is 6.08. The number of rotatable bonds is 2. The molecule has 1 aromatic carbocycles. The first-order valence-electron chi connectivity index (χ1n) is 5.48. The van der Waals surface area contributed by atoms with Crippen LogP contribution in [0.4, 0.5) is 0 Å². The molecule has 98 valence electrons. The fraction of sp³-hybridized carbons (Fsp3) is 0.167. The molecule has 19 heavy (non-hydrogen) atoms. The highest BCUT2D eigenvalue weighted by Crippen LogP contribution is 2.36. The molecule has 0 fully saturated rings. The van der Waals surface area contributed by atoms with Gasteiger partial charge in [0, 0.05) is 15.4 Å². The molecule has 0 radical (unpaired) electrons. The number of nitrogens with zero attached hydrogens (tertiary/aromatic N) is 2. The van der Waals surface area contributed by atoms with Gasteiger partial charge in [-0.3, -0.25) is 0 Å². The lowest BCUT2D eigenvalue weighted by molar-refractivity contribution is 0.600. The second kappa shape index (κ2) is 4.64. The zero-order chi connectivity index (χ0) is 13.6. The molecule has 0 N–H and O–H groups in total. The third-order valence-corrected chi connectivity index (χ3v) is 6.50. The summed E-state index contributed by atoms with van der Waals surface area (Å²) in [6.45, 7) is 0. The summed E-state index contributed by atoms with van der Waals surface area (Å²) in [5.74, 6) is 0. The van der Waals surface area contributed by atoms with Crippen LogP contribution in [0.1, 0.15) is 11.1 Å². The van der Waals surface area contributed by atoms with Gasteiger partial charge in [-0.15, -0.1) is 10.2 Å². The lowest BCUT2D eigenvalue weighted by Gasteiger charge is -2.02. The average molecular weight is 404 g/mol. The van der Waals surface area contributed by atoms with Crippen LogP contribution in [0.3, 0.4) is 0 Å². The quantitative estimate of drug-likeness (QED) is 0.723. The highest BCUT2D eigenvalue weighted by molar-refractivity contribution is 14.1. The molecule has 7 heteroatoms. The summed E-state index contributed by atoms with van der Waals surface area (Å²) in [4.78, 5) is 0. The molecular weight excluding hydrogens is 395 g/mol. The average Bonchev–Trinajstić information content (AvgIpc) is 2.96. The van der Waals surface area contributed by atoms with Crippen LogP contribution in [0.5, 0.6) is 0 Å². The van der Waals surface area contributed by atoms with Crippen LogP contribution >= 0.6 is 33.9 Å². The Labute approximate surface area is 128 Å². The number of hydrogen-bond acceptors (Lipinski definition) is 5. The third-order valence-electron chi connectivity index (χ3n) is 2.84. The third kappa shape index (κ3) is 2.46. The van der Waals surface area contributed by atoms with Gasteiger partial charge < -0.3 is 0 Å². The molecule has 3 rings (SSSR count). The summed E-state index contributed by atoms with van der Waals surface area (Å²) in [6.07, 6.45) is 4.28. The summed E-state index contributed by atoms with van der Waals surface area (Å²) < 4.78 is 24.1. The zero-order valence-corrected chi connectivity index (χ0v) is 13.7. The van der Waals surface area contributed by atoms with Gasteiger partial charge >= 0.3 is 0 Å². The molecule has 0 aliphatic heterocycles. The Hall–Kier alpha value is -0.800. The molecule has 1 aliphatic carbocycles. The van der Waals surface area contributed by atoms with Gasteiger partial charge in [0.05, 0.1) is 0 Å². The maximum absolute atomic E-state index is 11.4. The molecule has 0 amide bonds. The number of fused-ring (bicyclic) bond motifs is 1. The largest absolute Gasteiger partial charge is 0.232 e. The smallest absolute Gasteiger partial charge is 0.221 e. The van der Waals surface area contributed by atoms with E-state index in [9.17, 15) is 8.42 Å². The Bertz CT molecular complexity index is 794. The van der Waals surface area contributed by atoms with E-state index in [1.807, 2.05) is 12.1 Å². The highest BCUT2D eigenvalue weighted by atomic mass is 127. The van der Waals surface area contributed by atoms with Gasteiger partial charge in [-0.25, -0.2) is 8.42 Å². The lowest BCUT2D eigenvalue weighted by Crippen LogP contribution is -1.95. The minimum Gasteiger partial charge on any atom is -0.221 e. The van der Waals surface area contributed by atoms with Crippen LogP contribution < -0.4 is 0 Å². The van der Waals surface area contributed by atoms with Gasteiger partial charge in [0.2, 0.25) is 14.2 Å². The van der Waals surface area contributed by atoms with E-state index in [2.05, 4.69) is 44.9 Å². The first-order valence-corrected chi connectivity index (χ1v) is 9.27. The van der Waals surface area contributed by atoms with Gasteiger partial charge in [0.1, 0.15) is 5.01 Å². The summed E-state index contributed by atoms with van der Waals surface area (Å²) in [5, 5.41) is 8.35. The van der Waals surface area contributed by atoms with Crippen molar-refractivity contribution < 1.29 is 8.42 Å². The molecule has 1 aliphatic rings. The number of aromatic nitrogens is 2. The molecule has 1 aromatic heterocycles. The van der Waals surface area contributed by atoms with Gasteiger partial charge in [-0.2, -0.15) is 0 Å². The number of sulfone groups is 1. The minimum atomic E-state index is -3.28. The van der Waals surface area contributed by atoms with Crippen molar-refractivity contribution in [1.29, 1.82) is 0 Å². The summed E-state index contributed by atoms with van der Waals surface area (Å²) >= 11 is 3.42. The van der Waals surface area contributed by atoms with Crippen molar-refractivity contribution in [3.8, 4) is 10.6 Å². The standard InChI is InChI=1S/C12H9IN2O2S2/c1-19(16,17)12-15-14-11(18-12)8-3-2-7-4-5-10(13)9(7)6-8/h2-3,5-6H,4H2,1H3. The number of hydrogen-bond donors (Lipinski definition) is 0. The van der Waals surface area contributed by atoms with E-state index < -0.39 is 9.84 Å². The van der Waals surface area contributed by atoms with Gasteiger partial charge in [-0.1, -0.05) is 29.5 Å². The van der Waals surface area contributed by atoms with Crippen LogP contribution in [-0.2, 0) is 16.3 Å². The first kappa shape index (κ1) is 13.2. The van der Waals surface area contributed by atoms with Crippen molar-refractivity contribution in [3.63, 3.8) is 0 Å². The van der Waals surface area contributed by atoms with E-state index in [4.69, 9.17) is 0 Å². The SMILES string of the molecule is CS(=O)(=O)c1nnc(-c2ccc3c(c2)C(I)=CC3)s1. The maximum atomic E-state index is 11.4. The Morgan fingerprint density at radius 3 is 2.79 bits per heavy atom. The van der Waals surface area contributed by atoms with Crippen LogP contribution in [0.2, 0.25) is 0 Å². The Morgan fingerprint density at radius 2 is 2.11 bits per heavy atom. The molecule has 1 heterocycles. The monoisotopic (exact) mass is 404 g/mol. The minimum absolute atomic E-state index is 0.0632. The van der Waals surface area contributed by atoms with Crippen LogP contribution in [0, 0.1) is 0 Å². The van der Waals surface area contributed by atoms with Crippen LogP contribution in [0.25, 0.3) is 14.2 Å². The molecular formula is C12H9IN2O2S2. The first-order chi connectivity index (χ1) is 8.95. The van der Waals surface area contributed by atoms with Crippen molar-refractivity contribution >= 4 is 47.3 Å². The van der Waals surface area contributed by atoms with Crippen molar-refractivity contribution in [2.24, 2.45) is 0 Å². The lowest BCUT2D eigenvalue weighted by atomic mass is 10.1. The van der Waals surface area contributed by atoms with E-state index in [1.54, 1.807) is 0 Å². The van der Waals surface area contributed by atoms with E-state index >= 15 is 0 Å². The van der Waals surface area contributed by atoms with Crippen molar-refractivity contribution in [1.82, 2.24) is 10.2 Å². The van der Waals surface area contributed by atoms with E-state index in [-0.39, 0.29) is 4.34 Å². The Balaban J connectivity index is 2.06. The maximum Gasteiger partial charge on any atom is 0.232 e. The van der Waals surface area contributed by atoms with Crippen molar-refractivity contribution in [2.75, 3.05) is 6.26 Å². The normalized spacial score (nSPS) is 14.3. The van der Waals surface area contributed by atoms with Gasteiger partial charge in [0.25, 0.3) is 0 Å². The predicted octanol–water partition coefficient (Wildman–Crippen LogP) is 2.94.